The molecule has 1 aromatic carbocycles. The van der Waals surface area contributed by atoms with Gasteiger partial charge in [0.1, 0.15) is 6.29 Å². The van der Waals surface area contributed by atoms with E-state index in [0.29, 0.717) is 11.3 Å². The first-order chi connectivity index (χ1) is 6.95. The van der Waals surface area contributed by atoms with Crippen LogP contribution in [0.2, 0.25) is 0 Å². The Morgan fingerprint density at radius 3 is 2.13 bits per heavy atom. The molecule has 0 spiro atoms. The van der Waals surface area contributed by atoms with Crippen LogP contribution in [0.15, 0.2) is 30.3 Å². The number of allylic oxidation sites excluding steroid dienone is 1. The van der Waals surface area contributed by atoms with E-state index in [9.17, 15) is 4.79 Å². The van der Waals surface area contributed by atoms with Gasteiger partial charge in [-0.3, -0.25) is 4.79 Å². The topological polar surface area (TPSA) is 17.1 Å². The molecule has 1 aromatic rings. The Kier molecular flexibility index (Phi) is 3.70. The van der Waals surface area contributed by atoms with Crippen molar-refractivity contribution in [3.63, 3.8) is 0 Å². The van der Waals surface area contributed by atoms with Gasteiger partial charge >= 0.3 is 0 Å². The van der Waals surface area contributed by atoms with Crippen molar-refractivity contribution in [1.29, 1.82) is 0 Å². The summed E-state index contributed by atoms with van der Waals surface area (Å²) >= 11 is 5.90. The Morgan fingerprint density at radius 2 is 1.73 bits per heavy atom. The number of carbonyl (C=O) groups is 1. The molecular weight excluding hydrogens is 208 g/mol. The second kappa shape index (κ2) is 4.63. The van der Waals surface area contributed by atoms with Crippen LogP contribution in [-0.4, -0.2) is 6.29 Å². The van der Waals surface area contributed by atoms with Crippen LogP contribution in [0.4, 0.5) is 0 Å². The lowest BCUT2D eigenvalue weighted by molar-refractivity contribution is -0.104. The van der Waals surface area contributed by atoms with Crippen molar-refractivity contribution in [2.24, 2.45) is 0 Å². The lowest BCUT2D eigenvalue weighted by Gasteiger charge is -2.19. The molecule has 0 radical (unpaired) electrons. The van der Waals surface area contributed by atoms with Crippen molar-refractivity contribution in [1.82, 2.24) is 0 Å². The Hall–Kier alpha value is -1.08. The van der Waals surface area contributed by atoms with Gasteiger partial charge in [-0.05, 0) is 22.6 Å². The number of hydrogen-bond donors (Lipinski definition) is 0. The van der Waals surface area contributed by atoms with Gasteiger partial charge in [-0.1, -0.05) is 56.6 Å². The lowest BCUT2D eigenvalue weighted by atomic mass is 9.87. The molecule has 0 bridgehead atoms. The largest absolute Gasteiger partial charge is 0.299 e. The smallest absolute Gasteiger partial charge is 0.144 e. The van der Waals surface area contributed by atoms with Gasteiger partial charge < -0.3 is 0 Å². The summed E-state index contributed by atoms with van der Waals surface area (Å²) in [6.45, 7) is 6.47. The van der Waals surface area contributed by atoms with Gasteiger partial charge in [0.15, 0.2) is 0 Å². The van der Waals surface area contributed by atoms with E-state index in [0.717, 1.165) is 5.56 Å². The number of aldehydes is 1. The molecule has 0 aliphatic heterocycles. The maximum absolute atomic E-state index is 10.3. The van der Waals surface area contributed by atoms with Gasteiger partial charge in [0, 0.05) is 0 Å². The van der Waals surface area contributed by atoms with Gasteiger partial charge in [0.25, 0.3) is 0 Å². The molecule has 80 valence electrons. The molecule has 1 nitrogen and oxygen atoms in total. The number of hydrogen-bond acceptors (Lipinski definition) is 1. The standard InChI is InChI=1S/C13H15ClO/c1-13(2,3)11-6-4-10(5-7-11)12(14)8-9-15/h4-9H,1-3H3/b12-8-. The Morgan fingerprint density at radius 1 is 1.20 bits per heavy atom. The monoisotopic (exact) mass is 222 g/mol. The quantitative estimate of drug-likeness (QED) is 0.550. The summed E-state index contributed by atoms with van der Waals surface area (Å²) in [5, 5.41) is 0.477. The molecule has 2 heteroatoms. The van der Waals surface area contributed by atoms with E-state index >= 15 is 0 Å². The summed E-state index contributed by atoms with van der Waals surface area (Å²) in [4.78, 5) is 10.3. The summed E-state index contributed by atoms with van der Waals surface area (Å²) in [6.07, 6.45) is 2.05. The second-order valence-corrected chi connectivity index (χ2v) is 4.89. The molecule has 0 atom stereocenters. The van der Waals surface area contributed by atoms with E-state index in [1.807, 2.05) is 24.3 Å². The molecule has 1 rings (SSSR count). The van der Waals surface area contributed by atoms with E-state index in [1.54, 1.807) is 0 Å². The fourth-order valence-corrected chi connectivity index (χ4v) is 1.46. The first-order valence-corrected chi connectivity index (χ1v) is 5.25. The Balaban J connectivity index is 3.00. The molecule has 0 unspecified atom stereocenters. The fourth-order valence-electron chi connectivity index (χ4n) is 1.29. The number of rotatable bonds is 2. The second-order valence-electron chi connectivity index (χ2n) is 4.48. The average molecular weight is 223 g/mol. The van der Waals surface area contributed by atoms with Crippen molar-refractivity contribution in [3.8, 4) is 0 Å². The van der Waals surface area contributed by atoms with Crippen LogP contribution in [0.1, 0.15) is 31.9 Å². The van der Waals surface area contributed by atoms with Crippen molar-refractivity contribution in [3.05, 3.63) is 41.5 Å². The molecule has 0 heterocycles. The third-order valence-electron chi connectivity index (χ3n) is 2.24. The summed E-state index contributed by atoms with van der Waals surface area (Å²) in [5.41, 5.74) is 2.26. The minimum absolute atomic E-state index is 0.138. The van der Waals surface area contributed by atoms with Crippen LogP contribution < -0.4 is 0 Å². The average Bonchev–Trinajstić information content (AvgIpc) is 2.17. The molecule has 0 aliphatic rings. The Bertz CT molecular complexity index is 369. The molecule has 15 heavy (non-hydrogen) atoms. The molecule has 0 saturated carbocycles. The Labute approximate surface area is 95.8 Å². The molecule has 0 amide bonds. The van der Waals surface area contributed by atoms with E-state index < -0.39 is 0 Å². The van der Waals surface area contributed by atoms with Crippen LogP contribution >= 0.6 is 11.6 Å². The highest BCUT2D eigenvalue weighted by molar-refractivity contribution is 6.49. The zero-order chi connectivity index (χ0) is 11.5. The molecular formula is C13H15ClO. The summed E-state index contributed by atoms with van der Waals surface area (Å²) in [5.74, 6) is 0. The third kappa shape index (κ3) is 3.21. The summed E-state index contributed by atoms with van der Waals surface area (Å²) < 4.78 is 0. The molecule has 0 aliphatic carbocycles. The first kappa shape index (κ1) is 12.0. The van der Waals surface area contributed by atoms with E-state index in [4.69, 9.17) is 11.6 Å². The van der Waals surface area contributed by atoms with Gasteiger partial charge in [-0.2, -0.15) is 0 Å². The maximum atomic E-state index is 10.3. The van der Waals surface area contributed by atoms with Crippen LogP contribution in [0.25, 0.3) is 5.03 Å². The van der Waals surface area contributed by atoms with Crippen molar-refractivity contribution in [2.45, 2.75) is 26.2 Å². The van der Waals surface area contributed by atoms with Gasteiger partial charge in [0.05, 0.1) is 5.03 Å². The van der Waals surface area contributed by atoms with Crippen LogP contribution in [-0.2, 0) is 10.2 Å². The van der Waals surface area contributed by atoms with Gasteiger partial charge in [-0.25, -0.2) is 0 Å². The normalized spacial score (nSPS) is 12.7. The van der Waals surface area contributed by atoms with Gasteiger partial charge in [0.2, 0.25) is 0 Å². The molecule has 0 aromatic heterocycles. The number of halogens is 1. The molecule has 0 saturated heterocycles. The minimum atomic E-state index is 0.138. The highest BCUT2D eigenvalue weighted by Crippen LogP contribution is 2.25. The van der Waals surface area contributed by atoms with Gasteiger partial charge in [-0.15, -0.1) is 0 Å². The molecule has 0 N–H and O–H groups in total. The fraction of sp³-hybridized carbons (Fsp3) is 0.308. The van der Waals surface area contributed by atoms with Crippen LogP contribution in [0.3, 0.4) is 0 Å². The predicted molar refractivity (Wildman–Crippen MR) is 65.0 cm³/mol. The van der Waals surface area contributed by atoms with Crippen LogP contribution in [0.5, 0.6) is 0 Å². The zero-order valence-corrected chi connectivity index (χ0v) is 10.0. The number of carbonyl (C=O) groups excluding carboxylic acids is 1. The summed E-state index contributed by atoms with van der Waals surface area (Å²) in [7, 11) is 0. The lowest BCUT2D eigenvalue weighted by Crippen LogP contribution is -2.10. The predicted octanol–water partition coefficient (Wildman–Crippen LogP) is 3.76. The minimum Gasteiger partial charge on any atom is -0.299 e. The van der Waals surface area contributed by atoms with Crippen molar-refractivity contribution < 1.29 is 4.79 Å². The molecule has 0 fully saturated rings. The maximum Gasteiger partial charge on any atom is 0.144 e. The highest BCUT2D eigenvalue weighted by atomic mass is 35.5. The zero-order valence-electron chi connectivity index (χ0n) is 9.25. The third-order valence-corrected chi connectivity index (χ3v) is 2.59. The van der Waals surface area contributed by atoms with E-state index in [1.165, 1.54) is 11.6 Å². The van der Waals surface area contributed by atoms with E-state index in [-0.39, 0.29) is 5.41 Å². The highest BCUT2D eigenvalue weighted by Gasteiger charge is 2.12. The van der Waals surface area contributed by atoms with Crippen molar-refractivity contribution >= 4 is 22.9 Å². The van der Waals surface area contributed by atoms with Crippen molar-refractivity contribution in [2.75, 3.05) is 0 Å². The SMILES string of the molecule is CC(C)(C)c1ccc(/C(Cl)=C/C=O)cc1. The first-order valence-electron chi connectivity index (χ1n) is 4.87. The number of benzene rings is 1. The van der Waals surface area contributed by atoms with Crippen LogP contribution in [0, 0.1) is 0 Å². The summed E-state index contributed by atoms with van der Waals surface area (Å²) in [6, 6.07) is 7.94. The van der Waals surface area contributed by atoms with E-state index in [2.05, 4.69) is 20.8 Å².